The summed E-state index contributed by atoms with van der Waals surface area (Å²) in [6.07, 6.45) is 4.19. The van der Waals surface area contributed by atoms with Crippen molar-refractivity contribution in [2.45, 2.75) is 25.4 Å². The first-order valence-electron chi connectivity index (χ1n) is 5.47. The minimum absolute atomic E-state index is 0.0743. The van der Waals surface area contributed by atoms with Gasteiger partial charge in [-0.3, -0.25) is 4.79 Å². The summed E-state index contributed by atoms with van der Waals surface area (Å²) in [6.45, 7) is 1.12. The average molecular weight is 213 g/mol. The van der Waals surface area contributed by atoms with Crippen LogP contribution < -0.4 is 0 Å². The summed E-state index contributed by atoms with van der Waals surface area (Å²) in [5, 5.41) is 0. The maximum atomic E-state index is 12.5. The Bertz CT molecular complexity index is 278. The summed E-state index contributed by atoms with van der Waals surface area (Å²) in [6, 6.07) is 0. The molecule has 0 radical (unpaired) electrons. The summed E-state index contributed by atoms with van der Waals surface area (Å²) >= 11 is 0. The minimum Gasteiger partial charge on any atom is -0.374 e. The maximum absolute atomic E-state index is 12.5. The Labute approximate surface area is 88.9 Å². The van der Waals surface area contributed by atoms with Crippen LogP contribution in [-0.2, 0) is 9.53 Å². The zero-order chi connectivity index (χ0) is 10.7. The van der Waals surface area contributed by atoms with Gasteiger partial charge in [-0.25, -0.2) is 4.39 Å². The van der Waals surface area contributed by atoms with Crippen molar-refractivity contribution >= 4 is 5.91 Å². The van der Waals surface area contributed by atoms with E-state index in [0.29, 0.717) is 19.7 Å². The summed E-state index contributed by atoms with van der Waals surface area (Å²) in [5.41, 5.74) is 0.884. The number of alkyl halides is 1. The number of rotatable bonds is 2. The predicted octanol–water partition coefficient (Wildman–Crippen LogP) is 1.29. The molecule has 0 saturated carbocycles. The molecule has 1 atom stereocenters. The van der Waals surface area contributed by atoms with Gasteiger partial charge < -0.3 is 9.64 Å². The Hall–Kier alpha value is -0.900. The van der Waals surface area contributed by atoms with Crippen molar-refractivity contribution in [3.05, 3.63) is 11.6 Å². The van der Waals surface area contributed by atoms with Gasteiger partial charge in [-0.1, -0.05) is 6.08 Å². The van der Waals surface area contributed by atoms with Crippen molar-refractivity contribution in [2.75, 3.05) is 26.4 Å². The molecule has 2 aliphatic rings. The largest absolute Gasteiger partial charge is 0.374 e. The number of hydrogen-bond acceptors (Lipinski definition) is 2. The van der Waals surface area contributed by atoms with E-state index in [-0.39, 0.29) is 5.91 Å². The molecule has 1 aliphatic heterocycles. The highest BCUT2D eigenvalue weighted by atomic mass is 19.1. The van der Waals surface area contributed by atoms with E-state index in [1.54, 1.807) is 4.90 Å². The maximum Gasteiger partial charge on any atom is 0.249 e. The zero-order valence-electron chi connectivity index (χ0n) is 8.75. The van der Waals surface area contributed by atoms with Crippen molar-refractivity contribution in [3.63, 3.8) is 0 Å². The Morgan fingerprint density at radius 3 is 3.07 bits per heavy atom. The third-order valence-corrected chi connectivity index (χ3v) is 2.89. The quantitative estimate of drug-likeness (QED) is 0.692. The Kier molecular flexibility index (Phi) is 3.36. The first kappa shape index (κ1) is 10.6. The molecule has 0 aromatic carbocycles. The lowest BCUT2D eigenvalue weighted by Gasteiger charge is -2.26. The lowest BCUT2D eigenvalue weighted by Crippen LogP contribution is -2.39. The van der Waals surface area contributed by atoms with Gasteiger partial charge >= 0.3 is 0 Å². The minimum atomic E-state index is -0.511. The first-order valence-corrected chi connectivity index (χ1v) is 5.47. The summed E-state index contributed by atoms with van der Waals surface area (Å²) < 4.78 is 17.8. The molecule has 1 fully saturated rings. The smallest absolute Gasteiger partial charge is 0.249 e. The number of halogens is 1. The fourth-order valence-corrected chi connectivity index (χ4v) is 1.86. The van der Waals surface area contributed by atoms with Crippen LogP contribution in [0.2, 0.25) is 0 Å². The Balaban J connectivity index is 1.97. The second-order valence-electron chi connectivity index (χ2n) is 4.02. The van der Waals surface area contributed by atoms with E-state index in [2.05, 4.69) is 0 Å². The van der Waals surface area contributed by atoms with Gasteiger partial charge in [0.25, 0.3) is 0 Å². The molecule has 15 heavy (non-hydrogen) atoms. The highest BCUT2D eigenvalue weighted by Gasteiger charge is 2.26. The topological polar surface area (TPSA) is 29.5 Å². The van der Waals surface area contributed by atoms with Crippen LogP contribution in [0.1, 0.15) is 19.3 Å². The fraction of sp³-hybridized carbons (Fsp3) is 0.727. The number of nitrogens with zero attached hydrogens (tertiary/aromatic N) is 1. The number of ether oxygens (including phenoxy) is 1. The van der Waals surface area contributed by atoms with Crippen LogP contribution >= 0.6 is 0 Å². The highest BCUT2D eigenvalue weighted by Crippen LogP contribution is 2.21. The molecule has 1 saturated heterocycles. The van der Waals surface area contributed by atoms with Crippen molar-refractivity contribution in [1.82, 2.24) is 4.90 Å². The van der Waals surface area contributed by atoms with Gasteiger partial charge in [0.05, 0.1) is 0 Å². The molecule has 1 unspecified atom stereocenters. The molecular weight excluding hydrogens is 197 g/mol. The molecule has 0 aromatic heterocycles. The molecule has 4 heteroatoms. The second kappa shape index (κ2) is 4.75. The third kappa shape index (κ3) is 2.37. The van der Waals surface area contributed by atoms with Gasteiger partial charge in [-0.05, 0) is 19.3 Å². The van der Waals surface area contributed by atoms with Crippen LogP contribution in [0.4, 0.5) is 4.39 Å². The lowest BCUT2D eigenvalue weighted by molar-refractivity contribution is -0.128. The van der Waals surface area contributed by atoms with E-state index in [1.165, 1.54) is 0 Å². The molecule has 0 spiro atoms. The fourth-order valence-electron chi connectivity index (χ4n) is 1.86. The molecule has 0 N–H and O–H groups in total. The van der Waals surface area contributed by atoms with Gasteiger partial charge in [-0.15, -0.1) is 0 Å². The number of allylic oxidation sites excluding steroid dienone is 1. The van der Waals surface area contributed by atoms with E-state index in [0.717, 1.165) is 24.8 Å². The monoisotopic (exact) mass is 213 g/mol. The van der Waals surface area contributed by atoms with Crippen molar-refractivity contribution < 1.29 is 13.9 Å². The van der Waals surface area contributed by atoms with E-state index >= 15 is 0 Å². The van der Waals surface area contributed by atoms with E-state index in [1.807, 2.05) is 6.08 Å². The summed E-state index contributed by atoms with van der Waals surface area (Å²) in [7, 11) is 0. The van der Waals surface area contributed by atoms with Crippen LogP contribution in [0.3, 0.4) is 0 Å². The van der Waals surface area contributed by atoms with Gasteiger partial charge in [0.15, 0.2) is 0 Å². The predicted molar refractivity (Wildman–Crippen MR) is 54.2 cm³/mol. The molecule has 1 aliphatic carbocycles. The van der Waals surface area contributed by atoms with Gasteiger partial charge in [0, 0.05) is 25.3 Å². The molecule has 0 bridgehead atoms. The third-order valence-electron chi connectivity index (χ3n) is 2.89. The Morgan fingerprint density at radius 2 is 2.47 bits per heavy atom. The molecule has 3 nitrogen and oxygen atoms in total. The van der Waals surface area contributed by atoms with Crippen molar-refractivity contribution in [3.8, 4) is 0 Å². The highest BCUT2D eigenvalue weighted by molar-refractivity contribution is 5.94. The molecule has 84 valence electrons. The lowest BCUT2D eigenvalue weighted by atomic mass is 9.97. The number of carbonyl (C=O) groups is 1. The van der Waals surface area contributed by atoms with Crippen LogP contribution in [0.5, 0.6) is 0 Å². The van der Waals surface area contributed by atoms with Gasteiger partial charge in [-0.2, -0.15) is 0 Å². The van der Waals surface area contributed by atoms with Crippen LogP contribution in [0, 0.1) is 0 Å². The molecule has 1 heterocycles. The molecule has 1 amide bonds. The van der Waals surface area contributed by atoms with Crippen LogP contribution in [0.25, 0.3) is 0 Å². The second-order valence-corrected chi connectivity index (χ2v) is 4.02. The molecule has 0 aromatic rings. The molecule has 2 rings (SSSR count). The summed E-state index contributed by atoms with van der Waals surface area (Å²) in [4.78, 5) is 13.6. The first-order chi connectivity index (χ1) is 7.31. The van der Waals surface area contributed by atoms with Crippen LogP contribution in [0.15, 0.2) is 11.6 Å². The number of amides is 1. The van der Waals surface area contributed by atoms with Gasteiger partial charge in [0.2, 0.25) is 5.91 Å². The van der Waals surface area contributed by atoms with Crippen molar-refractivity contribution in [2.24, 2.45) is 0 Å². The SMILES string of the molecule is O=C(C1=CCC1)N1CCCOC(CF)C1. The standard InChI is InChI=1S/C11H16FNO2/c12-7-10-8-13(5-2-6-15-10)11(14)9-3-1-4-9/h3,10H,1-2,4-8H2. The summed E-state index contributed by atoms with van der Waals surface area (Å²) in [5.74, 6) is 0.0743. The normalized spacial score (nSPS) is 26.6. The van der Waals surface area contributed by atoms with Crippen molar-refractivity contribution in [1.29, 1.82) is 0 Å². The number of carbonyl (C=O) groups excluding carboxylic acids is 1. The number of hydrogen-bond donors (Lipinski definition) is 0. The van der Waals surface area contributed by atoms with E-state index in [4.69, 9.17) is 4.74 Å². The van der Waals surface area contributed by atoms with Gasteiger partial charge in [0.1, 0.15) is 12.8 Å². The van der Waals surface area contributed by atoms with E-state index in [9.17, 15) is 9.18 Å². The van der Waals surface area contributed by atoms with Crippen LogP contribution in [-0.4, -0.2) is 43.3 Å². The zero-order valence-corrected chi connectivity index (χ0v) is 8.75. The average Bonchev–Trinajstić information content (AvgIpc) is 2.39. The van der Waals surface area contributed by atoms with E-state index < -0.39 is 12.8 Å². The Morgan fingerprint density at radius 1 is 1.67 bits per heavy atom. The molecular formula is C11H16FNO2.